The zero-order valence-electron chi connectivity index (χ0n) is 17.5. The van der Waals surface area contributed by atoms with Crippen LogP contribution in [0.5, 0.6) is 0 Å². The van der Waals surface area contributed by atoms with Gasteiger partial charge in [0.15, 0.2) is 0 Å². The number of halogens is 1. The summed E-state index contributed by atoms with van der Waals surface area (Å²) in [6, 6.07) is 10.3. The quantitative estimate of drug-likeness (QED) is 0.615. The Kier molecular flexibility index (Phi) is 5.88. The standard InChI is InChI=1S/C24H37ClN2/c1-4-19-12-15-27(16-13-19)23-11-14-24(17-18(23)2,26(3)22-9-10-22)20-5-7-21(25)8-6-20/h5-8,18-19,22-23H,4,9-17H2,1-3H3. The summed E-state index contributed by atoms with van der Waals surface area (Å²) >= 11 is 6.21. The molecule has 3 atom stereocenters. The third-order valence-corrected chi connectivity index (χ3v) is 8.27. The summed E-state index contributed by atoms with van der Waals surface area (Å²) in [7, 11) is 2.38. The van der Waals surface area contributed by atoms with Gasteiger partial charge in [-0.1, -0.05) is 44.0 Å². The van der Waals surface area contributed by atoms with Crippen LogP contribution in [0.1, 0.15) is 70.8 Å². The first-order valence-corrected chi connectivity index (χ1v) is 11.6. The molecule has 0 amide bonds. The number of hydrogen-bond acceptors (Lipinski definition) is 2. The normalized spacial score (nSPS) is 33.5. The van der Waals surface area contributed by atoms with E-state index in [1.54, 1.807) is 0 Å². The van der Waals surface area contributed by atoms with Gasteiger partial charge in [0.05, 0.1) is 0 Å². The molecule has 3 aliphatic rings. The summed E-state index contributed by atoms with van der Waals surface area (Å²) < 4.78 is 0. The van der Waals surface area contributed by atoms with E-state index in [0.29, 0.717) is 0 Å². The van der Waals surface area contributed by atoms with Crippen molar-refractivity contribution in [2.75, 3.05) is 20.1 Å². The van der Waals surface area contributed by atoms with Gasteiger partial charge in [0, 0.05) is 22.6 Å². The minimum Gasteiger partial charge on any atom is -0.300 e. The molecule has 1 saturated heterocycles. The lowest BCUT2D eigenvalue weighted by molar-refractivity contribution is -0.0115. The zero-order chi connectivity index (χ0) is 19.0. The van der Waals surface area contributed by atoms with Crippen LogP contribution in [0.2, 0.25) is 5.02 Å². The molecule has 1 heterocycles. The molecule has 3 fully saturated rings. The molecule has 0 aromatic heterocycles. The Hall–Kier alpha value is -0.570. The van der Waals surface area contributed by atoms with Crippen LogP contribution in [0.25, 0.3) is 0 Å². The third-order valence-electron chi connectivity index (χ3n) is 8.02. The molecule has 0 spiro atoms. The number of benzene rings is 1. The Balaban J connectivity index is 1.52. The minimum absolute atomic E-state index is 0.198. The summed E-state index contributed by atoms with van der Waals surface area (Å²) in [6.07, 6.45) is 10.8. The molecule has 2 saturated carbocycles. The van der Waals surface area contributed by atoms with E-state index in [0.717, 1.165) is 28.9 Å². The molecule has 3 unspecified atom stereocenters. The average molecular weight is 389 g/mol. The Bertz CT molecular complexity index is 618. The Morgan fingerprint density at radius 3 is 2.30 bits per heavy atom. The van der Waals surface area contributed by atoms with Crippen molar-refractivity contribution in [2.45, 2.75) is 82.8 Å². The van der Waals surface area contributed by atoms with Crippen LogP contribution in [0, 0.1) is 11.8 Å². The second-order valence-electron chi connectivity index (χ2n) is 9.56. The van der Waals surface area contributed by atoms with E-state index in [1.165, 1.54) is 70.0 Å². The largest absolute Gasteiger partial charge is 0.300 e. The highest BCUT2D eigenvalue weighted by molar-refractivity contribution is 6.30. The predicted molar refractivity (Wildman–Crippen MR) is 115 cm³/mol. The Morgan fingerprint density at radius 1 is 1.07 bits per heavy atom. The monoisotopic (exact) mass is 388 g/mol. The number of likely N-dealkylation sites (tertiary alicyclic amines) is 1. The highest BCUT2D eigenvalue weighted by Crippen LogP contribution is 2.49. The Morgan fingerprint density at radius 2 is 1.74 bits per heavy atom. The van der Waals surface area contributed by atoms with Gasteiger partial charge in [-0.3, -0.25) is 4.90 Å². The van der Waals surface area contributed by atoms with Gasteiger partial charge in [0.25, 0.3) is 0 Å². The van der Waals surface area contributed by atoms with Crippen LogP contribution in [0.15, 0.2) is 24.3 Å². The van der Waals surface area contributed by atoms with Gasteiger partial charge in [0.2, 0.25) is 0 Å². The molecular weight excluding hydrogens is 352 g/mol. The van der Waals surface area contributed by atoms with E-state index in [9.17, 15) is 0 Å². The lowest BCUT2D eigenvalue weighted by Crippen LogP contribution is -2.55. The molecule has 150 valence electrons. The number of piperidine rings is 1. The fraction of sp³-hybridized carbons (Fsp3) is 0.750. The highest BCUT2D eigenvalue weighted by atomic mass is 35.5. The summed E-state index contributed by atoms with van der Waals surface area (Å²) in [5.74, 6) is 1.71. The molecular formula is C24H37ClN2. The summed E-state index contributed by atoms with van der Waals surface area (Å²) in [6.45, 7) is 7.51. The van der Waals surface area contributed by atoms with Crippen molar-refractivity contribution in [1.29, 1.82) is 0 Å². The molecule has 0 bridgehead atoms. The second kappa shape index (κ2) is 8.05. The van der Waals surface area contributed by atoms with Gasteiger partial charge >= 0.3 is 0 Å². The maximum absolute atomic E-state index is 6.21. The first-order chi connectivity index (χ1) is 13.0. The molecule has 27 heavy (non-hydrogen) atoms. The van der Waals surface area contributed by atoms with Crippen LogP contribution in [0.3, 0.4) is 0 Å². The van der Waals surface area contributed by atoms with Crippen LogP contribution in [-0.2, 0) is 5.54 Å². The Labute approximate surface area is 171 Å². The molecule has 2 nitrogen and oxygen atoms in total. The number of hydrogen-bond donors (Lipinski definition) is 0. The van der Waals surface area contributed by atoms with Gasteiger partial charge in [-0.2, -0.15) is 0 Å². The van der Waals surface area contributed by atoms with Gasteiger partial charge in [-0.25, -0.2) is 0 Å². The highest BCUT2D eigenvalue weighted by Gasteiger charge is 2.48. The smallest absolute Gasteiger partial charge is 0.0464 e. The van der Waals surface area contributed by atoms with Gasteiger partial charge in [0.1, 0.15) is 0 Å². The van der Waals surface area contributed by atoms with Crippen molar-refractivity contribution in [2.24, 2.45) is 11.8 Å². The fourth-order valence-corrected chi connectivity index (χ4v) is 6.16. The van der Waals surface area contributed by atoms with Crippen LogP contribution < -0.4 is 0 Å². The lowest BCUT2D eigenvalue weighted by Gasteiger charge is -2.52. The van der Waals surface area contributed by atoms with Crippen molar-refractivity contribution in [1.82, 2.24) is 9.80 Å². The number of nitrogens with zero attached hydrogens (tertiary/aromatic N) is 2. The summed E-state index contributed by atoms with van der Waals surface area (Å²) in [5.41, 5.74) is 1.68. The van der Waals surface area contributed by atoms with Crippen molar-refractivity contribution in [3.8, 4) is 0 Å². The van der Waals surface area contributed by atoms with E-state index in [4.69, 9.17) is 11.6 Å². The predicted octanol–water partition coefficient (Wildman–Crippen LogP) is 5.94. The van der Waals surface area contributed by atoms with Crippen LogP contribution >= 0.6 is 11.6 Å². The van der Waals surface area contributed by atoms with E-state index in [1.807, 2.05) is 0 Å². The van der Waals surface area contributed by atoms with Gasteiger partial charge in [-0.15, -0.1) is 0 Å². The molecule has 1 aromatic rings. The van der Waals surface area contributed by atoms with Crippen molar-refractivity contribution >= 4 is 11.6 Å². The first kappa shape index (κ1) is 19.7. The lowest BCUT2D eigenvalue weighted by atomic mass is 9.68. The number of rotatable bonds is 5. The van der Waals surface area contributed by atoms with Crippen molar-refractivity contribution in [3.05, 3.63) is 34.9 Å². The van der Waals surface area contributed by atoms with Crippen LogP contribution in [-0.4, -0.2) is 42.0 Å². The van der Waals surface area contributed by atoms with E-state index in [-0.39, 0.29) is 5.54 Å². The molecule has 1 aliphatic heterocycles. The SMILES string of the molecule is CCC1CCN(C2CCC(c3ccc(Cl)cc3)(N(C)C3CC3)CC2C)CC1. The maximum Gasteiger partial charge on any atom is 0.0464 e. The van der Waals surface area contributed by atoms with E-state index in [2.05, 4.69) is 55.0 Å². The maximum atomic E-state index is 6.21. The summed E-state index contributed by atoms with van der Waals surface area (Å²) in [4.78, 5) is 5.56. The molecule has 4 rings (SSSR count). The van der Waals surface area contributed by atoms with E-state index >= 15 is 0 Å². The zero-order valence-corrected chi connectivity index (χ0v) is 18.2. The first-order valence-electron chi connectivity index (χ1n) is 11.3. The topological polar surface area (TPSA) is 6.48 Å². The van der Waals surface area contributed by atoms with Gasteiger partial charge in [-0.05, 0) is 94.6 Å². The van der Waals surface area contributed by atoms with E-state index < -0.39 is 0 Å². The minimum atomic E-state index is 0.198. The molecule has 1 aromatic carbocycles. The second-order valence-corrected chi connectivity index (χ2v) is 9.99. The molecule has 0 radical (unpaired) electrons. The third kappa shape index (κ3) is 3.95. The van der Waals surface area contributed by atoms with Crippen molar-refractivity contribution in [3.63, 3.8) is 0 Å². The van der Waals surface area contributed by atoms with Gasteiger partial charge < -0.3 is 4.90 Å². The molecule has 0 N–H and O–H groups in total. The van der Waals surface area contributed by atoms with Crippen LogP contribution in [0.4, 0.5) is 0 Å². The molecule has 3 heteroatoms. The van der Waals surface area contributed by atoms with Crippen molar-refractivity contribution < 1.29 is 0 Å². The fourth-order valence-electron chi connectivity index (χ4n) is 6.03. The average Bonchev–Trinajstić information content (AvgIpc) is 3.53. The molecule has 2 aliphatic carbocycles. The summed E-state index contributed by atoms with van der Waals surface area (Å²) in [5, 5.41) is 0.850.